The molecule has 1 aromatic rings. The lowest BCUT2D eigenvalue weighted by atomic mass is 10.0. The molecule has 0 saturated carbocycles. The fourth-order valence-electron chi connectivity index (χ4n) is 3.29. The second kappa shape index (κ2) is 8.20. The largest absolute Gasteiger partial charge is 0.486 e. The maximum atomic E-state index is 12.1. The van der Waals surface area contributed by atoms with E-state index in [4.69, 9.17) is 9.47 Å². The van der Waals surface area contributed by atoms with E-state index in [-0.39, 0.29) is 18.5 Å². The number of benzene rings is 1. The summed E-state index contributed by atoms with van der Waals surface area (Å²) in [5, 5.41) is 5.03. The van der Waals surface area contributed by atoms with Crippen LogP contribution in [0.15, 0.2) is 18.2 Å². The third kappa shape index (κ3) is 4.42. The highest BCUT2D eigenvalue weighted by Gasteiger charge is 2.29. The molecular formula is C18H25N3O4. The quantitative estimate of drug-likeness (QED) is 0.849. The lowest BCUT2D eigenvalue weighted by Gasteiger charge is -2.26. The minimum Gasteiger partial charge on any atom is -0.486 e. The van der Waals surface area contributed by atoms with Gasteiger partial charge in [0.15, 0.2) is 11.5 Å². The molecule has 1 fully saturated rings. The smallest absolute Gasteiger partial charge is 0.321 e. The number of amides is 3. The first-order valence-electron chi connectivity index (χ1n) is 8.88. The van der Waals surface area contributed by atoms with Gasteiger partial charge in [0.2, 0.25) is 5.91 Å². The number of likely N-dealkylation sites (tertiary alicyclic amines) is 1. The van der Waals surface area contributed by atoms with Crippen LogP contribution in [0.3, 0.4) is 0 Å². The first kappa shape index (κ1) is 17.5. The Hall–Kier alpha value is -2.28. The Morgan fingerprint density at radius 2 is 2.04 bits per heavy atom. The molecule has 1 saturated heterocycles. The Morgan fingerprint density at radius 3 is 2.84 bits per heavy atom. The Labute approximate surface area is 147 Å². The van der Waals surface area contributed by atoms with E-state index in [0.29, 0.717) is 19.8 Å². The summed E-state index contributed by atoms with van der Waals surface area (Å²) in [6.07, 6.45) is 2.84. The fraction of sp³-hybridized carbons (Fsp3) is 0.556. The van der Waals surface area contributed by atoms with Gasteiger partial charge >= 0.3 is 6.03 Å². The van der Waals surface area contributed by atoms with Crippen molar-refractivity contribution >= 4 is 11.9 Å². The van der Waals surface area contributed by atoms with Crippen molar-refractivity contribution in [1.29, 1.82) is 0 Å². The molecule has 3 amide bonds. The monoisotopic (exact) mass is 347 g/mol. The molecule has 0 aromatic heterocycles. The molecule has 0 aliphatic carbocycles. The molecule has 2 heterocycles. The van der Waals surface area contributed by atoms with Crippen LogP contribution in [0, 0.1) is 0 Å². The zero-order chi connectivity index (χ0) is 17.6. The van der Waals surface area contributed by atoms with Crippen molar-refractivity contribution in [2.75, 3.05) is 32.8 Å². The molecule has 1 aromatic carbocycles. The number of fused-ring (bicyclic) bond motifs is 1. The molecule has 7 nitrogen and oxygen atoms in total. The standard InChI is InChI=1S/C18H25N3O4/c1-2-7-19-18(23)20-17(22)12-21-8-3-4-14(21)13-5-6-15-16(11-13)25-10-9-24-15/h5-6,11,14H,2-4,7-10,12H2,1H3,(H2,19,20,22,23)/t14-/m0/s1. The molecule has 25 heavy (non-hydrogen) atoms. The molecule has 2 aliphatic rings. The molecule has 2 aliphatic heterocycles. The number of hydrogen-bond donors (Lipinski definition) is 2. The number of nitrogens with one attached hydrogen (secondary N) is 2. The highest BCUT2D eigenvalue weighted by Crippen LogP contribution is 2.37. The van der Waals surface area contributed by atoms with E-state index >= 15 is 0 Å². The average Bonchev–Trinajstić information content (AvgIpc) is 3.07. The summed E-state index contributed by atoms with van der Waals surface area (Å²) < 4.78 is 11.2. The van der Waals surface area contributed by atoms with Crippen LogP contribution in [0.4, 0.5) is 4.79 Å². The van der Waals surface area contributed by atoms with E-state index in [0.717, 1.165) is 42.9 Å². The van der Waals surface area contributed by atoms with Crippen LogP contribution < -0.4 is 20.1 Å². The predicted molar refractivity (Wildman–Crippen MR) is 92.8 cm³/mol. The Kier molecular flexibility index (Phi) is 5.75. The molecular weight excluding hydrogens is 322 g/mol. The molecule has 2 N–H and O–H groups in total. The van der Waals surface area contributed by atoms with Crippen LogP contribution in [-0.2, 0) is 4.79 Å². The molecule has 0 radical (unpaired) electrons. The summed E-state index contributed by atoms with van der Waals surface area (Å²) in [5.41, 5.74) is 1.12. The van der Waals surface area contributed by atoms with Gasteiger partial charge in [0.1, 0.15) is 13.2 Å². The van der Waals surface area contributed by atoms with Crippen molar-refractivity contribution in [2.24, 2.45) is 0 Å². The lowest BCUT2D eigenvalue weighted by Crippen LogP contribution is -2.44. The van der Waals surface area contributed by atoms with Gasteiger partial charge in [-0.1, -0.05) is 13.0 Å². The summed E-state index contributed by atoms with van der Waals surface area (Å²) in [7, 11) is 0. The molecule has 0 bridgehead atoms. The number of urea groups is 1. The topological polar surface area (TPSA) is 79.9 Å². The van der Waals surface area contributed by atoms with Gasteiger partial charge in [-0.2, -0.15) is 0 Å². The van der Waals surface area contributed by atoms with Crippen molar-refractivity contribution in [1.82, 2.24) is 15.5 Å². The number of imide groups is 1. The SMILES string of the molecule is CCCNC(=O)NC(=O)CN1CCC[C@H]1c1ccc2c(c1)OCCO2. The number of hydrogen-bond acceptors (Lipinski definition) is 5. The van der Waals surface area contributed by atoms with Gasteiger partial charge in [0.05, 0.1) is 6.54 Å². The Bertz CT molecular complexity index is 635. The van der Waals surface area contributed by atoms with Crippen LogP contribution in [0.25, 0.3) is 0 Å². The van der Waals surface area contributed by atoms with Gasteiger partial charge in [-0.05, 0) is 43.5 Å². The predicted octanol–water partition coefficient (Wildman–Crippen LogP) is 1.83. The minimum absolute atomic E-state index is 0.153. The van der Waals surface area contributed by atoms with Gasteiger partial charge in [0, 0.05) is 12.6 Å². The summed E-state index contributed by atoms with van der Waals surface area (Å²) >= 11 is 0. The van der Waals surface area contributed by atoms with Gasteiger partial charge in [-0.25, -0.2) is 4.79 Å². The van der Waals surface area contributed by atoms with Crippen molar-refractivity contribution < 1.29 is 19.1 Å². The summed E-state index contributed by atoms with van der Waals surface area (Å²) in [5.74, 6) is 1.25. The maximum absolute atomic E-state index is 12.1. The first-order valence-corrected chi connectivity index (χ1v) is 8.88. The summed E-state index contributed by atoms with van der Waals surface area (Å²) in [6.45, 7) is 4.69. The van der Waals surface area contributed by atoms with E-state index in [1.54, 1.807) is 0 Å². The molecule has 136 valence electrons. The van der Waals surface area contributed by atoms with Gasteiger partial charge in [-0.15, -0.1) is 0 Å². The van der Waals surface area contributed by atoms with E-state index in [9.17, 15) is 9.59 Å². The number of rotatable bonds is 5. The van der Waals surface area contributed by atoms with Crippen molar-refractivity contribution in [3.8, 4) is 11.5 Å². The van der Waals surface area contributed by atoms with Crippen molar-refractivity contribution in [3.05, 3.63) is 23.8 Å². The molecule has 3 rings (SSSR count). The molecule has 0 unspecified atom stereocenters. The zero-order valence-corrected chi connectivity index (χ0v) is 14.5. The zero-order valence-electron chi connectivity index (χ0n) is 14.5. The van der Waals surface area contributed by atoms with Gasteiger partial charge < -0.3 is 14.8 Å². The average molecular weight is 347 g/mol. The third-order valence-electron chi connectivity index (χ3n) is 4.45. The summed E-state index contributed by atoms with van der Waals surface area (Å²) in [4.78, 5) is 25.8. The maximum Gasteiger partial charge on any atom is 0.321 e. The van der Waals surface area contributed by atoms with Crippen molar-refractivity contribution in [2.45, 2.75) is 32.2 Å². The van der Waals surface area contributed by atoms with E-state index in [2.05, 4.69) is 15.5 Å². The van der Waals surface area contributed by atoms with Gasteiger partial charge in [0.25, 0.3) is 0 Å². The number of ether oxygens (including phenoxy) is 2. The Morgan fingerprint density at radius 1 is 1.24 bits per heavy atom. The van der Waals surface area contributed by atoms with Crippen LogP contribution in [-0.4, -0.2) is 49.7 Å². The second-order valence-electron chi connectivity index (χ2n) is 6.34. The first-order chi connectivity index (χ1) is 12.2. The number of nitrogens with zero attached hydrogens (tertiary/aromatic N) is 1. The number of carbonyl (C=O) groups excluding carboxylic acids is 2. The van der Waals surface area contributed by atoms with E-state index < -0.39 is 6.03 Å². The second-order valence-corrected chi connectivity index (χ2v) is 6.34. The minimum atomic E-state index is -0.429. The Balaban J connectivity index is 1.60. The molecule has 0 spiro atoms. The van der Waals surface area contributed by atoms with Crippen LogP contribution in [0.2, 0.25) is 0 Å². The fourth-order valence-corrected chi connectivity index (χ4v) is 3.29. The van der Waals surface area contributed by atoms with E-state index in [1.165, 1.54) is 0 Å². The normalized spacial score (nSPS) is 19.5. The molecule has 1 atom stereocenters. The third-order valence-corrected chi connectivity index (χ3v) is 4.45. The number of carbonyl (C=O) groups is 2. The highest BCUT2D eigenvalue weighted by molar-refractivity contribution is 5.95. The van der Waals surface area contributed by atoms with Crippen LogP contribution in [0.5, 0.6) is 11.5 Å². The van der Waals surface area contributed by atoms with Crippen LogP contribution >= 0.6 is 0 Å². The molecule has 7 heteroatoms. The van der Waals surface area contributed by atoms with Gasteiger partial charge in [-0.3, -0.25) is 15.0 Å². The van der Waals surface area contributed by atoms with Crippen LogP contribution in [0.1, 0.15) is 37.8 Å². The lowest BCUT2D eigenvalue weighted by molar-refractivity contribution is -0.121. The summed E-state index contributed by atoms with van der Waals surface area (Å²) in [6, 6.07) is 5.69. The highest BCUT2D eigenvalue weighted by atomic mass is 16.6. The van der Waals surface area contributed by atoms with Crippen molar-refractivity contribution in [3.63, 3.8) is 0 Å². The van der Waals surface area contributed by atoms with E-state index in [1.807, 2.05) is 25.1 Å².